The van der Waals surface area contributed by atoms with Crippen molar-refractivity contribution in [2.45, 2.75) is 39.7 Å². The molecule has 0 aliphatic carbocycles. The van der Waals surface area contributed by atoms with Gasteiger partial charge in [0.2, 0.25) is 5.91 Å². The molecule has 0 radical (unpaired) electrons. The molecular weight excluding hydrogens is 202 g/mol. The van der Waals surface area contributed by atoms with Crippen LogP contribution >= 0.6 is 0 Å². The van der Waals surface area contributed by atoms with Crippen molar-refractivity contribution in [1.29, 1.82) is 0 Å². The Labute approximate surface area is 99.6 Å². The first-order chi connectivity index (χ1) is 7.51. The van der Waals surface area contributed by atoms with E-state index in [-0.39, 0.29) is 5.91 Å². The second-order valence-electron chi connectivity index (χ2n) is 4.64. The molecule has 1 amide bonds. The topological polar surface area (TPSA) is 58.4 Å². The molecule has 1 unspecified atom stereocenters. The molecule has 4 heteroatoms. The van der Waals surface area contributed by atoms with Gasteiger partial charge in [0.1, 0.15) is 0 Å². The molecule has 0 saturated carbocycles. The van der Waals surface area contributed by atoms with E-state index in [1.54, 1.807) is 0 Å². The molecule has 4 nitrogen and oxygen atoms in total. The minimum Gasteiger partial charge on any atom is -0.355 e. The third-order valence-electron chi connectivity index (χ3n) is 3.05. The number of nitrogens with one attached hydrogen (secondary N) is 1. The van der Waals surface area contributed by atoms with Gasteiger partial charge in [-0.25, -0.2) is 0 Å². The van der Waals surface area contributed by atoms with Gasteiger partial charge in [-0.15, -0.1) is 0 Å². The summed E-state index contributed by atoms with van der Waals surface area (Å²) in [7, 11) is 2.06. The summed E-state index contributed by atoms with van der Waals surface area (Å²) < 4.78 is 0. The van der Waals surface area contributed by atoms with Crippen LogP contribution in [0.1, 0.15) is 33.6 Å². The van der Waals surface area contributed by atoms with Crippen LogP contribution in [0.25, 0.3) is 0 Å². The van der Waals surface area contributed by atoms with Gasteiger partial charge in [-0.2, -0.15) is 0 Å². The summed E-state index contributed by atoms with van der Waals surface area (Å²) in [6, 6.07) is 0.518. The average Bonchev–Trinajstić information content (AvgIpc) is 2.25. The van der Waals surface area contributed by atoms with Crippen molar-refractivity contribution in [3.8, 4) is 0 Å². The van der Waals surface area contributed by atoms with E-state index < -0.39 is 0 Å². The number of carbonyl (C=O) groups excluding carboxylic acids is 1. The number of carbonyl (C=O) groups is 1. The quantitative estimate of drug-likeness (QED) is 0.648. The summed E-state index contributed by atoms with van der Waals surface area (Å²) in [6.45, 7) is 8.55. The minimum absolute atomic E-state index is 0.120. The highest BCUT2D eigenvalue weighted by Crippen LogP contribution is 2.05. The van der Waals surface area contributed by atoms with E-state index in [2.05, 4.69) is 38.0 Å². The Bertz CT molecular complexity index is 191. The predicted molar refractivity (Wildman–Crippen MR) is 68.2 cm³/mol. The lowest BCUT2D eigenvalue weighted by molar-refractivity contribution is -0.122. The van der Waals surface area contributed by atoms with Crippen LogP contribution < -0.4 is 11.1 Å². The molecule has 0 spiro atoms. The Kier molecular flexibility index (Phi) is 8.21. The van der Waals surface area contributed by atoms with Gasteiger partial charge >= 0.3 is 0 Å². The zero-order chi connectivity index (χ0) is 12.6. The second kappa shape index (κ2) is 8.53. The molecule has 0 fully saturated rings. The van der Waals surface area contributed by atoms with Crippen LogP contribution in [0.2, 0.25) is 0 Å². The van der Waals surface area contributed by atoms with Crippen LogP contribution in [0.3, 0.4) is 0 Å². The normalized spacial score (nSPS) is 13.2. The number of nitrogens with two attached hydrogens (primary N) is 1. The van der Waals surface area contributed by atoms with E-state index in [0.29, 0.717) is 31.5 Å². The molecule has 0 aliphatic heterocycles. The summed E-state index contributed by atoms with van der Waals surface area (Å²) in [5, 5.41) is 2.93. The van der Waals surface area contributed by atoms with Gasteiger partial charge in [0.15, 0.2) is 0 Å². The third-order valence-corrected chi connectivity index (χ3v) is 3.05. The monoisotopic (exact) mass is 229 g/mol. The van der Waals surface area contributed by atoms with Gasteiger partial charge in [0, 0.05) is 25.6 Å². The van der Waals surface area contributed by atoms with Crippen molar-refractivity contribution >= 4 is 5.91 Å². The summed E-state index contributed by atoms with van der Waals surface area (Å²) >= 11 is 0. The van der Waals surface area contributed by atoms with Crippen LogP contribution in [0.5, 0.6) is 0 Å². The van der Waals surface area contributed by atoms with E-state index in [4.69, 9.17) is 5.73 Å². The SMILES string of the molecule is CCC(CN)CC(=O)NCCN(C)C(C)C. The van der Waals surface area contributed by atoms with Gasteiger partial charge in [-0.1, -0.05) is 13.3 Å². The van der Waals surface area contributed by atoms with Gasteiger partial charge in [-0.3, -0.25) is 4.79 Å². The van der Waals surface area contributed by atoms with E-state index in [9.17, 15) is 4.79 Å². The summed E-state index contributed by atoms with van der Waals surface area (Å²) in [5.41, 5.74) is 5.56. The Hall–Kier alpha value is -0.610. The highest BCUT2D eigenvalue weighted by atomic mass is 16.1. The van der Waals surface area contributed by atoms with Crippen LogP contribution in [0.4, 0.5) is 0 Å². The van der Waals surface area contributed by atoms with E-state index in [1.165, 1.54) is 0 Å². The molecule has 0 bridgehead atoms. The summed E-state index contributed by atoms with van der Waals surface area (Å²) in [4.78, 5) is 13.7. The molecule has 96 valence electrons. The van der Waals surface area contributed by atoms with E-state index >= 15 is 0 Å². The zero-order valence-electron chi connectivity index (χ0n) is 11.1. The minimum atomic E-state index is 0.120. The lowest BCUT2D eigenvalue weighted by Gasteiger charge is -2.21. The molecule has 16 heavy (non-hydrogen) atoms. The van der Waals surface area contributed by atoms with Crippen molar-refractivity contribution in [2.24, 2.45) is 11.7 Å². The molecule has 0 aromatic rings. The molecule has 0 heterocycles. The number of nitrogens with zero attached hydrogens (tertiary/aromatic N) is 1. The van der Waals surface area contributed by atoms with E-state index in [1.807, 2.05) is 0 Å². The Morgan fingerprint density at radius 2 is 2.06 bits per heavy atom. The fourth-order valence-electron chi connectivity index (χ4n) is 1.36. The third kappa shape index (κ3) is 6.80. The number of hydrogen-bond donors (Lipinski definition) is 2. The number of likely N-dealkylation sites (N-methyl/N-ethyl adjacent to an activating group) is 1. The number of hydrogen-bond acceptors (Lipinski definition) is 3. The van der Waals surface area contributed by atoms with Gasteiger partial charge in [-0.05, 0) is 33.4 Å². The van der Waals surface area contributed by atoms with Crippen LogP contribution in [-0.2, 0) is 4.79 Å². The van der Waals surface area contributed by atoms with Crippen molar-refractivity contribution < 1.29 is 4.79 Å². The Morgan fingerprint density at radius 3 is 2.50 bits per heavy atom. The highest BCUT2D eigenvalue weighted by Gasteiger charge is 2.10. The van der Waals surface area contributed by atoms with Crippen molar-refractivity contribution in [3.05, 3.63) is 0 Å². The van der Waals surface area contributed by atoms with Crippen molar-refractivity contribution in [2.75, 3.05) is 26.7 Å². The molecule has 3 N–H and O–H groups in total. The first-order valence-electron chi connectivity index (χ1n) is 6.18. The first-order valence-corrected chi connectivity index (χ1v) is 6.18. The molecule has 0 aromatic carbocycles. The average molecular weight is 229 g/mol. The van der Waals surface area contributed by atoms with Crippen molar-refractivity contribution in [3.63, 3.8) is 0 Å². The Morgan fingerprint density at radius 1 is 1.44 bits per heavy atom. The maximum absolute atomic E-state index is 11.5. The standard InChI is InChI=1S/C12H27N3O/c1-5-11(9-13)8-12(16)14-6-7-15(4)10(2)3/h10-11H,5-9,13H2,1-4H3,(H,14,16). The fourth-order valence-corrected chi connectivity index (χ4v) is 1.36. The molecule has 0 aromatic heterocycles. The summed E-state index contributed by atoms with van der Waals surface area (Å²) in [5.74, 6) is 0.442. The lowest BCUT2D eigenvalue weighted by atomic mass is 10.0. The predicted octanol–water partition coefficient (Wildman–Crippen LogP) is 0.818. The lowest BCUT2D eigenvalue weighted by Crippen LogP contribution is -2.37. The second-order valence-corrected chi connectivity index (χ2v) is 4.64. The maximum Gasteiger partial charge on any atom is 0.220 e. The van der Waals surface area contributed by atoms with Crippen LogP contribution in [-0.4, -0.2) is 43.5 Å². The smallest absolute Gasteiger partial charge is 0.220 e. The molecule has 0 saturated heterocycles. The molecule has 1 atom stereocenters. The number of amides is 1. The maximum atomic E-state index is 11.5. The number of rotatable bonds is 8. The Balaban J connectivity index is 3.65. The van der Waals surface area contributed by atoms with Gasteiger partial charge in [0.05, 0.1) is 0 Å². The van der Waals surface area contributed by atoms with Crippen molar-refractivity contribution in [1.82, 2.24) is 10.2 Å². The van der Waals surface area contributed by atoms with Gasteiger partial charge < -0.3 is 16.0 Å². The molecule has 0 rings (SSSR count). The van der Waals surface area contributed by atoms with E-state index in [0.717, 1.165) is 13.0 Å². The van der Waals surface area contributed by atoms with Gasteiger partial charge in [0.25, 0.3) is 0 Å². The fraction of sp³-hybridized carbons (Fsp3) is 0.917. The molecule has 0 aliphatic rings. The molecular formula is C12H27N3O. The zero-order valence-corrected chi connectivity index (χ0v) is 11.1. The van der Waals surface area contributed by atoms with Crippen LogP contribution in [0.15, 0.2) is 0 Å². The highest BCUT2D eigenvalue weighted by molar-refractivity contribution is 5.76. The van der Waals surface area contributed by atoms with Crippen LogP contribution in [0, 0.1) is 5.92 Å². The summed E-state index contributed by atoms with van der Waals surface area (Å²) in [6.07, 6.45) is 1.52. The first kappa shape index (κ1) is 15.4. The largest absolute Gasteiger partial charge is 0.355 e.